The summed E-state index contributed by atoms with van der Waals surface area (Å²) in [5.41, 5.74) is 3.46. The maximum atomic E-state index is 6.06. The molecule has 3 rings (SSSR count). The lowest BCUT2D eigenvalue weighted by molar-refractivity contribution is 0.190. The van der Waals surface area contributed by atoms with Gasteiger partial charge in [0.05, 0.1) is 12.3 Å². The number of nitrogens with zero attached hydrogens (tertiary/aromatic N) is 1. The number of aromatic nitrogens is 1. The zero-order valence-electron chi connectivity index (χ0n) is 20.0. The monoisotopic (exact) mass is 421 g/mol. The van der Waals surface area contributed by atoms with E-state index in [9.17, 15) is 0 Å². The van der Waals surface area contributed by atoms with Crippen molar-refractivity contribution in [2.75, 3.05) is 6.61 Å². The van der Waals surface area contributed by atoms with Gasteiger partial charge in [-0.3, -0.25) is 4.98 Å². The van der Waals surface area contributed by atoms with Crippen molar-refractivity contribution in [3.05, 3.63) is 48.2 Å². The van der Waals surface area contributed by atoms with Gasteiger partial charge in [0, 0.05) is 11.8 Å². The van der Waals surface area contributed by atoms with Gasteiger partial charge in [0.25, 0.3) is 0 Å². The summed E-state index contributed by atoms with van der Waals surface area (Å²) in [5.74, 6) is 2.88. The molecular formula is C29H43NO. The Kier molecular flexibility index (Phi) is 10.4. The van der Waals surface area contributed by atoms with Crippen molar-refractivity contribution in [2.24, 2.45) is 11.8 Å². The van der Waals surface area contributed by atoms with Crippen LogP contribution in [0.3, 0.4) is 0 Å². The number of hydrogen-bond donors (Lipinski definition) is 0. The molecule has 31 heavy (non-hydrogen) atoms. The summed E-state index contributed by atoms with van der Waals surface area (Å²) in [6, 6.07) is 12.7. The largest absolute Gasteiger partial charge is 0.494 e. The van der Waals surface area contributed by atoms with E-state index in [4.69, 9.17) is 4.74 Å². The average Bonchev–Trinajstić information content (AvgIpc) is 2.83. The third-order valence-electron chi connectivity index (χ3n) is 7.12. The molecule has 0 N–H and O–H groups in total. The molecule has 0 spiro atoms. The second kappa shape index (κ2) is 13.6. The number of unbranched alkanes of at least 4 members (excludes halogenated alkanes) is 4. The van der Waals surface area contributed by atoms with Crippen molar-refractivity contribution in [3.8, 4) is 17.0 Å². The van der Waals surface area contributed by atoms with Crippen molar-refractivity contribution in [1.82, 2.24) is 4.98 Å². The SMILES string of the molecule is CCCCCCCC1CCCCC1CCCOc1ccc(-c2ccc(CC)cn2)cc1. The fraction of sp³-hybridized carbons (Fsp3) is 0.621. The van der Waals surface area contributed by atoms with Gasteiger partial charge in [0.2, 0.25) is 0 Å². The standard InChI is InChI=1S/C29H43NO/c1-3-5-6-7-8-12-25-13-9-10-14-26(25)15-11-22-31-28-19-17-27(18-20-28)29-21-16-24(4-2)23-30-29/h16-21,23,25-26H,3-15,22H2,1-2H3. The first kappa shape index (κ1) is 23.8. The highest BCUT2D eigenvalue weighted by Crippen LogP contribution is 2.36. The van der Waals surface area contributed by atoms with E-state index in [0.717, 1.165) is 41.9 Å². The van der Waals surface area contributed by atoms with Crippen molar-refractivity contribution >= 4 is 0 Å². The lowest BCUT2D eigenvalue weighted by atomic mass is 9.74. The molecule has 2 heteroatoms. The number of ether oxygens (including phenoxy) is 1. The summed E-state index contributed by atoms with van der Waals surface area (Å²) in [6.45, 7) is 5.30. The molecule has 2 nitrogen and oxygen atoms in total. The van der Waals surface area contributed by atoms with Gasteiger partial charge in [-0.15, -0.1) is 0 Å². The molecule has 1 aliphatic rings. The predicted molar refractivity (Wildman–Crippen MR) is 133 cm³/mol. The molecule has 0 aliphatic heterocycles. The van der Waals surface area contributed by atoms with Gasteiger partial charge in [0.15, 0.2) is 0 Å². The van der Waals surface area contributed by atoms with Gasteiger partial charge >= 0.3 is 0 Å². The Hall–Kier alpha value is -1.83. The maximum Gasteiger partial charge on any atom is 0.119 e. The first-order valence-corrected chi connectivity index (χ1v) is 13.0. The molecule has 1 heterocycles. The highest BCUT2D eigenvalue weighted by Gasteiger charge is 2.24. The zero-order valence-corrected chi connectivity index (χ0v) is 20.0. The normalized spacial score (nSPS) is 18.8. The zero-order chi connectivity index (χ0) is 21.7. The summed E-state index contributed by atoms with van der Waals surface area (Å²) in [6.07, 6.45) is 19.9. The van der Waals surface area contributed by atoms with Crippen LogP contribution in [-0.4, -0.2) is 11.6 Å². The Labute approximate surface area is 190 Å². The molecular weight excluding hydrogens is 378 g/mol. The predicted octanol–water partition coefficient (Wildman–Crippen LogP) is 8.64. The molecule has 2 atom stereocenters. The Morgan fingerprint density at radius 3 is 2.16 bits per heavy atom. The van der Waals surface area contributed by atoms with E-state index in [-0.39, 0.29) is 0 Å². The van der Waals surface area contributed by atoms with E-state index in [0.29, 0.717) is 0 Å². The van der Waals surface area contributed by atoms with Gasteiger partial charge < -0.3 is 4.74 Å². The van der Waals surface area contributed by atoms with Crippen LogP contribution in [0.25, 0.3) is 11.3 Å². The van der Waals surface area contributed by atoms with E-state index in [2.05, 4.69) is 55.2 Å². The topological polar surface area (TPSA) is 22.1 Å². The van der Waals surface area contributed by atoms with Gasteiger partial charge in [-0.2, -0.15) is 0 Å². The van der Waals surface area contributed by atoms with Crippen LogP contribution in [0.15, 0.2) is 42.6 Å². The third kappa shape index (κ3) is 7.98. The highest BCUT2D eigenvalue weighted by molar-refractivity contribution is 5.60. The molecule has 1 aliphatic carbocycles. The number of aryl methyl sites for hydroxylation is 1. The Morgan fingerprint density at radius 2 is 1.52 bits per heavy atom. The van der Waals surface area contributed by atoms with Crippen LogP contribution in [0.4, 0.5) is 0 Å². The average molecular weight is 422 g/mol. The lowest BCUT2D eigenvalue weighted by Gasteiger charge is -2.31. The fourth-order valence-electron chi connectivity index (χ4n) is 5.12. The fourth-order valence-corrected chi connectivity index (χ4v) is 5.12. The molecule has 2 unspecified atom stereocenters. The molecule has 1 fully saturated rings. The van der Waals surface area contributed by atoms with Gasteiger partial charge in [-0.25, -0.2) is 0 Å². The van der Waals surface area contributed by atoms with Gasteiger partial charge in [-0.05, 0) is 67.0 Å². The number of hydrogen-bond acceptors (Lipinski definition) is 2. The quantitative estimate of drug-likeness (QED) is 0.302. The number of rotatable bonds is 13. The molecule has 0 radical (unpaired) electrons. The van der Waals surface area contributed by atoms with E-state index in [1.807, 2.05) is 6.20 Å². The minimum atomic E-state index is 0.836. The second-order valence-corrected chi connectivity index (χ2v) is 9.43. The molecule has 0 saturated heterocycles. The molecule has 1 saturated carbocycles. The third-order valence-corrected chi connectivity index (χ3v) is 7.12. The van der Waals surface area contributed by atoms with E-state index in [1.165, 1.54) is 82.6 Å². The van der Waals surface area contributed by atoms with Crippen molar-refractivity contribution in [1.29, 1.82) is 0 Å². The maximum absolute atomic E-state index is 6.06. The lowest BCUT2D eigenvalue weighted by Crippen LogP contribution is -2.20. The molecule has 1 aromatic carbocycles. The van der Waals surface area contributed by atoms with Gasteiger partial charge in [0.1, 0.15) is 5.75 Å². The van der Waals surface area contributed by atoms with E-state index < -0.39 is 0 Å². The smallest absolute Gasteiger partial charge is 0.119 e. The first-order chi connectivity index (χ1) is 15.3. The summed E-state index contributed by atoms with van der Waals surface area (Å²) in [4.78, 5) is 4.58. The van der Waals surface area contributed by atoms with Crippen LogP contribution in [0.5, 0.6) is 5.75 Å². The minimum Gasteiger partial charge on any atom is -0.494 e. The number of benzene rings is 1. The van der Waals surface area contributed by atoms with Crippen LogP contribution >= 0.6 is 0 Å². The van der Waals surface area contributed by atoms with Crippen LogP contribution in [-0.2, 0) is 6.42 Å². The molecule has 0 amide bonds. The molecule has 1 aromatic heterocycles. The molecule has 2 aromatic rings. The van der Waals surface area contributed by atoms with Crippen molar-refractivity contribution in [3.63, 3.8) is 0 Å². The first-order valence-electron chi connectivity index (χ1n) is 13.0. The summed E-state index contributed by atoms with van der Waals surface area (Å²) in [5, 5.41) is 0. The summed E-state index contributed by atoms with van der Waals surface area (Å²) < 4.78 is 6.06. The van der Waals surface area contributed by atoms with Crippen LogP contribution < -0.4 is 4.74 Å². The van der Waals surface area contributed by atoms with E-state index >= 15 is 0 Å². The Bertz CT molecular complexity index is 721. The van der Waals surface area contributed by atoms with Crippen LogP contribution in [0.1, 0.15) is 96.5 Å². The summed E-state index contributed by atoms with van der Waals surface area (Å²) >= 11 is 0. The van der Waals surface area contributed by atoms with Gasteiger partial charge in [-0.1, -0.05) is 84.1 Å². The minimum absolute atomic E-state index is 0.836. The molecule has 0 bridgehead atoms. The van der Waals surface area contributed by atoms with Crippen LogP contribution in [0, 0.1) is 11.8 Å². The molecule has 170 valence electrons. The summed E-state index contributed by atoms with van der Waals surface area (Å²) in [7, 11) is 0. The number of pyridine rings is 1. The second-order valence-electron chi connectivity index (χ2n) is 9.43. The Morgan fingerprint density at radius 1 is 0.806 bits per heavy atom. The Balaban J connectivity index is 1.38. The highest BCUT2D eigenvalue weighted by atomic mass is 16.5. The van der Waals surface area contributed by atoms with E-state index in [1.54, 1.807) is 0 Å². The van der Waals surface area contributed by atoms with Crippen molar-refractivity contribution < 1.29 is 4.74 Å². The van der Waals surface area contributed by atoms with Crippen molar-refractivity contribution in [2.45, 2.75) is 97.3 Å². The van der Waals surface area contributed by atoms with Crippen LogP contribution in [0.2, 0.25) is 0 Å².